The van der Waals surface area contributed by atoms with Gasteiger partial charge < -0.3 is 10.6 Å². The Morgan fingerprint density at radius 3 is 3.20 bits per heavy atom. The van der Waals surface area contributed by atoms with Gasteiger partial charge in [-0.25, -0.2) is 0 Å². The van der Waals surface area contributed by atoms with Gasteiger partial charge in [0.05, 0.1) is 11.6 Å². The summed E-state index contributed by atoms with van der Waals surface area (Å²) in [4.78, 5) is 0. The topological polar surface area (TPSA) is 47.9 Å². The fourth-order valence-electron chi connectivity index (χ4n) is 1.85. The van der Waals surface area contributed by atoms with Crippen molar-refractivity contribution >= 4 is 5.69 Å². The molecule has 78 valence electrons. The maximum absolute atomic E-state index is 8.75. The number of benzene rings is 1. The SMILES string of the molecule is N#Cc1cccc(NCC2CCNC2)c1. The van der Waals surface area contributed by atoms with Gasteiger partial charge in [-0.15, -0.1) is 0 Å². The highest BCUT2D eigenvalue weighted by molar-refractivity contribution is 5.49. The van der Waals surface area contributed by atoms with Crippen LogP contribution in [0.4, 0.5) is 5.69 Å². The average molecular weight is 201 g/mol. The predicted octanol–water partition coefficient (Wildman–Crippen LogP) is 1.58. The van der Waals surface area contributed by atoms with Gasteiger partial charge in [-0.2, -0.15) is 5.26 Å². The van der Waals surface area contributed by atoms with Crippen LogP contribution in [-0.4, -0.2) is 19.6 Å². The molecular weight excluding hydrogens is 186 g/mol. The molecule has 1 atom stereocenters. The number of nitriles is 1. The molecular formula is C12H15N3. The first kappa shape index (κ1) is 10.0. The van der Waals surface area contributed by atoms with Crippen molar-refractivity contribution in [2.24, 2.45) is 5.92 Å². The van der Waals surface area contributed by atoms with Crippen LogP contribution in [0.3, 0.4) is 0 Å². The summed E-state index contributed by atoms with van der Waals surface area (Å²) in [5, 5.41) is 15.5. The lowest BCUT2D eigenvalue weighted by Crippen LogP contribution is -2.17. The van der Waals surface area contributed by atoms with Gasteiger partial charge in [-0.3, -0.25) is 0 Å². The van der Waals surface area contributed by atoms with E-state index < -0.39 is 0 Å². The quantitative estimate of drug-likeness (QED) is 0.780. The molecule has 0 radical (unpaired) electrons. The Morgan fingerprint density at radius 2 is 2.47 bits per heavy atom. The third-order valence-corrected chi connectivity index (χ3v) is 2.75. The summed E-state index contributed by atoms with van der Waals surface area (Å²) in [6, 6.07) is 9.77. The maximum atomic E-state index is 8.75. The Bertz CT molecular complexity index is 361. The number of nitrogens with one attached hydrogen (secondary N) is 2. The summed E-state index contributed by atoms with van der Waals surface area (Å²) >= 11 is 0. The molecule has 2 N–H and O–H groups in total. The minimum atomic E-state index is 0.713. The molecule has 1 fully saturated rings. The highest BCUT2D eigenvalue weighted by atomic mass is 14.9. The summed E-state index contributed by atoms with van der Waals surface area (Å²) in [6.45, 7) is 3.22. The standard InChI is InChI=1S/C12H15N3/c13-7-10-2-1-3-12(6-10)15-9-11-4-5-14-8-11/h1-3,6,11,14-15H,4-5,8-9H2. The van der Waals surface area contributed by atoms with E-state index in [1.54, 1.807) is 0 Å². The van der Waals surface area contributed by atoms with Crippen molar-refractivity contribution < 1.29 is 0 Å². The van der Waals surface area contributed by atoms with Crippen molar-refractivity contribution in [3.63, 3.8) is 0 Å². The lowest BCUT2D eigenvalue weighted by Gasteiger charge is -2.11. The Morgan fingerprint density at radius 1 is 1.53 bits per heavy atom. The summed E-state index contributed by atoms with van der Waals surface area (Å²) in [6.07, 6.45) is 1.24. The van der Waals surface area contributed by atoms with E-state index in [4.69, 9.17) is 5.26 Å². The maximum Gasteiger partial charge on any atom is 0.0992 e. The highest BCUT2D eigenvalue weighted by Crippen LogP contribution is 2.12. The first-order chi connectivity index (χ1) is 7.38. The van der Waals surface area contributed by atoms with Gasteiger partial charge >= 0.3 is 0 Å². The van der Waals surface area contributed by atoms with Crippen LogP contribution in [0.5, 0.6) is 0 Å². The van der Waals surface area contributed by atoms with Crippen LogP contribution in [0.1, 0.15) is 12.0 Å². The van der Waals surface area contributed by atoms with E-state index in [9.17, 15) is 0 Å². The van der Waals surface area contributed by atoms with E-state index in [2.05, 4.69) is 16.7 Å². The van der Waals surface area contributed by atoms with E-state index in [1.807, 2.05) is 24.3 Å². The van der Waals surface area contributed by atoms with Gasteiger partial charge in [-0.1, -0.05) is 6.07 Å². The smallest absolute Gasteiger partial charge is 0.0992 e. The molecule has 0 aliphatic carbocycles. The fraction of sp³-hybridized carbons (Fsp3) is 0.417. The average Bonchev–Trinajstić information content (AvgIpc) is 2.79. The van der Waals surface area contributed by atoms with Crippen LogP contribution in [0, 0.1) is 17.2 Å². The number of nitrogens with zero attached hydrogens (tertiary/aromatic N) is 1. The molecule has 3 nitrogen and oxygen atoms in total. The first-order valence-electron chi connectivity index (χ1n) is 5.33. The molecule has 1 aromatic carbocycles. The molecule has 0 aromatic heterocycles. The van der Waals surface area contributed by atoms with Crippen LogP contribution < -0.4 is 10.6 Å². The molecule has 2 rings (SSSR count). The monoisotopic (exact) mass is 201 g/mol. The van der Waals surface area contributed by atoms with E-state index in [0.717, 1.165) is 31.2 Å². The number of hydrogen-bond donors (Lipinski definition) is 2. The lowest BCUT2D eigenvalue weighted by molar-refractivity contribution is 0.615. The van der Waals surface area contributed by atoms with Crippen molar-refractivity contribution in [3.8, 4) is 6.07 Å². The van der Waals surface area contributed by atoms with Crippen LogP contribution in [0.25, 0.3) is 0 Å². The first-order valence-corrected chi connectivity index (χ1v) is 5.33. The van der Waals surface area contributed by atoms with Gasteiger partial charge in [0, 0.05) is 12.2 Å². The van der Waals surface area contributed by atoms with Crippen LogP contribution >= 0.6 is 0 Å². The summed E-state index contributed by atoms with van der Waals surface area (Å²) in [5.41, 5.74) is 1.76. The van der Waals surface area contributed by atoms with Gasteiger partial charge in [0.25, 0.3) is 0 Å². The largest absolute Gasteiger partial charge is 0.385 e. The van der Waals surface area contributed by atoms with E-state index in [0.29, 0.717) is 5.56 Å². The van der Waals surface area contributed by atoms with Crippen LogP contribution in [-0.2, 0) is 0 Å². The number of hydrogen-bond acceptors (Lipinski definition) is 3. The molecule has 0 amide bonds. The Labute approximate surface area is 90.1 Å². The molecule has 15 heavy (non-hydrogen) atoms. The van der Waals surface area contributed by atoms with Gasteiger partial charge in [0.15, 0.2) is 0 Å². The van der Waals surface area contributed by atoms with Gasteiger partial charge in [-0.05, 0) is 43.6 Å². The molecule has 0 bridgehead atoms. The van der Waals surface area contributed by atoms with Gasteiger partial charge in [0.2, 0.25) is 0 Å². The number of rotatable bonds is 3. The van der Waals surface area contributed by atoms with E-state index in [1.165, 1.54) is 6.42 Å². The molecule has 1 heterocycles. The van der Waals surface area contributed by atoms with E-state index in [-0.39, 0.29) is 0 Å². The van der Waals surface area contributed by atoms with Crippen molar-refractivity contribution in [3.05, 3.63) is 29.8 Å². The molecule has 1 saturated heterocycles. The summed E-state index contributed by atoms with van der Waals surface area (Å²) in [5.74, 6) is 0.718. The van der Waals surface area contributed by atoms with Crippen molar-refractivity contribution in [2.45, 2.75) is 6.42 Å². The lowest BCUT2D eigenvalue weighted by atomic mass is 10.1. The van der Waals surface area contributed by atoms with Crippen LogP contribution in [0.2, 0.25) is 0 Å². The normalized spacial score (nSPS) is 19.8. The van der Waals surface area contributed by atoms with Crippen molar-refractivity contribution in [2.75, 3.05) is 25.0 Å². The number of anilines is 1. The molecule has 3 heteroatoms. The molecule has 1 aromatic rings. The summed E-state index contributed by atoms with van der Waals surface area (Å²) < 4.78 is 0. The predicted molar refractivity (Wildman–Crippen MR) is 60.6 cm³/mol. The second-order valence-electron chi connectivity index (χ2n) is 3.93. The fourth-order valence-corrected chi connectivity index (χ4v) is 1.85. The molecule has 0 saturated carbocycles. The second-order valence-corrected chi connectivity index (χ2v) is 3.93. The highest BCUT2D eigenvalue weighted by Gasteiger charge is 2.13. The third-order valence-electron chi connectivity index (χ3n) is 2.75. The Balaban J connectivity index is 1.90. The summed E-state index contributed by atoms with van der Waals surface area (Å²) in [7, 11) is 0. The van der Waals surface area contributed by atoms with E-state index >= 15 is 0 Å². The van der Waals surface area contributed by atoms with Gasteiger partial charge in [0.1, 0.15) is 0 Å². The third kappa shape index (κ3) is 2.71. The van der Waals surface area contributed by atoms with Crippen LogP contribution in [0.15, 0.2) is 24.3 Å². The van der Waals surface area contributed by atoms with Crippen molar-refractivity contribution in [1.82, 2.24) is 5.32 Å². The Kier molecular flexibility index (Phi) is 3.21. The molecule has 1 unspecified atom stereocenters. The zero-order valence-corrected chi connectivity index (χ0v) is 8.66. The minimum absolute atomic E-state index is 0.713. The zero-order valence-electron chi connectivity index (χ0n) is 8.66. The molecule has 1 aliphatic heterocycles. The molecule has 1 aliphatic rings. The molecule has 0 spiro atoms. The van der Waals surface area contributed by atoms with Crippen molar-refractivity contribution in [1.29, 1.82) is 5.26 Å². The zero-order chi connectivity index (χ0) is 10.5. The Hall–Kier alpha value is -1.53. The second kappa shape index (κ2) is 4.81. The minimum Gasteiger partial charge on any atom is -0.385 e.